The molecule has 0 aliphatic heterocycles. The van der Waals surface area contributed by atoms with Gasteiger partial charge in [-0.1, -0.05) is 42.0 Å². The molecule has 2 aromatic rings. The number of nitriles is 1. The first-order valence-corrected chi connectivity index (χ1v) is 9.90. The minimum Gasteiger partial charge on any atom is -0.376 e. The summed E-state index contributed by atoms with van der Waals surface area (Å²) in [6.45, 7) is 2.45. The summed E-state index contributed by atoms with van der Waals surface area (Å²) in [6.07, 6.45) is 3.27. The van der Waals surface area contributed by atoms with Gasteiger partial charge in [-0.25, -0.2) is 0 Å². The van der Waals surface area contributed by atoms with Gasteiger partial charge in [0, 0.05) is 12.2 Å². The summed E-state index contributed by atoms with van der Waals surface area (Å²) in [5.41, 5.74) is 2.50. The lowest BCUT2D eigenvalue weighted by Crippen LogP contribution is -2.47. The van der Waals surface area contributed by atoms with Gasteiger partial charge in [0.25, 0.3) is 5.91 Å². The Labute approximate surface area is 171 Å². The number of anilines is 1. The first kappa shape index (κ1) is 20.4. The van der Waals surface area contributed by atoms with Crippen LogP contribution in [-0.4, -0.2) is 23.9 Å². The highest BCUT2D eigenvalue weighted by molar-refractivity contribution is 6.00. The predicted molar refractivity (Wildman–Crippen MR) is 112 cm³/mol. The monoisotopic (exact) mass is 390 g/mol. The van der Waals surface area contributed by atoms with Crippen LogP contribution in [0.15, 0.2) is 48.5 Å². The molecule has 2 amide bonds. The lowest BCUT2D eigenvalue weighted by atomic mass is 10.00. The number of nitrogens with one attached hydrogen (secondary N) is 3. The zero-order valence-corrected chi connectivity index (χ0v) is 16.6. The van der Waals surface area contributed by atoms with E-state index in [0.29, 0.717) is 30.6 Å². The topological polar surface area (TPSA) is 94.0 Å². The maximum absolute atomic E-state index is 12.6. The molecular weight excluding hydrogens is 364 g/mol. The molecule has 6 nitrogen and oxygen atoms in total. The second-order valence-corrected chi connectivity index (χ2v) is 7.52. The Balaban J connectivity index is 1.58. The largest absolute Gasteiger partial charge is 0.376 e. The van der Waals surface area contributed by atoms with Crippen LogP contribution >= 0.6 is 0 Å². The van der Waals surface area contributed by atoms with Gasteiger partial charge in [0.05, 0.1) is 18.2 Å². The van der Waals surface area contributed by atoms with Crippen LogP contribution in [0.1, 0.15) is 47.2 Å². The molecular formula is C23H26N4O2. The summed E-state index contributed by atoms with van der Waals surface area (Å²) in [4.78, 5) is 25.0. The zero-order valence-electron chi connectivity index (χ0n) is 16.6. The van der Waals surface area contributed by atoms with Crippen molar-refractivity contribution in [3.8, 4) is 6.07 Å². The van der Waals surface area contributed by atoms with E-state index in [1.807, 2.05) is 37.3 Å². The standard InChI is InChI=1S/C23H26N4O2/c1-17-8-10-18(11-9-17)14-26-22(29)19-6-2-3-7-20(19)25-15-21(28)27-23(16-24)12-4-5-13-23/h2-3,6-11,25H,4-5,12-15H2,1H3,(H,26,29)(H,27,28). The smallest absolute Gasteiger partial charge is 0.253 e. The fourth-order valence-corrected chi connectivity index (χ4v) is 3.55. The summed E-state index contributed by atoms with van der Waals surface area (Å²) < 4.78 is 0. The highest BCUT2D eigenvalue weighted by atomic mass is 16.2. The molecule has 1 saturated carbocycles. The van der Waals surface area contributed by atoms with Crippen molar-refractivity contribution in [2.24, 2.45) is 0 Å². The van der Waals surface area contributed by atoms with Crippen molar-refractivity contribution >= 4 is 17.5 Å². The summed E-state index contributed by atoms with van der Waals surface area (Å²) in [5, 5.41) is 18.2. The second kappa shape index (κ2) is 9.24. The van der Waals surface area contributed by atoms with Crippen LogP contribution in [0.25, 0.3) is 0 Å². The molecule has 1 fully saturated rings. The van der Waals surface area contributed by atoms with Crippen LogP contribution in [-0.2, 0) is 11.3 Å². The lowest BCUT2D eigenvalue weighted by molar-refractivity contribution is -0.120. The van der Waals surface area contributed by atoms with Crippen LogP contribution in [0.4, 0.5) is 5.69 Å². The van der Waals surface area contributed by atoms with Gasteiger partial charge in [0.2, 0.25) is 5.91 Å². The normalized spacial score (nSPS) is 14.6. The third-order valence-electron chi connectivity index (χ3n) is 5.23. The molecule has 6 heteroatoms. The Hall–Kier alpha value is -3.33. The van der Waals surface area contributed by atoms with Gasteiger partial charge in [-0.3, -0.25) is 9.59 Å². The van der Waals surface area contributed by atoms with Crippen molar-refractivity contribution in [2.45, 2.75) is 44.7 Å². The van der Waals surface area contributed by atoms with E-state index in [2.05, 4.69) is 22.0 Å². The SMILES string of the molecule is Cc1ccc(CNC(=O)c2ccccc2NCC(=O)NC2(C#N)CCCC2)cc1. The van der Waals surface area contributed by atoms with Crippen LogP contribution in [0.3, 0.4) is 0 Å². The summed E-state index contributed by atoms with van der Waals surface area (Å²) in [5.74, 6) is -0.457. The third-order valence-corrected chi connectivity index (χ3v) is 5.23. The van der Waals surface area contributed by atoms with Gasteiger partial charge in [0.15, 0.2) is 0 Å². The molecule has 3 rings (SSSR count). The van der Waals surface area contributed by atoms with Crippen molar-refractivity contribution in [1.29, 1.82) is 5.26 Å². The van der Waals surface area contributed by atoms with Crippen LogP contribution < -0.4 is 16.0 Å². The molecule has 3 N–H and O–H groups in total. The molecule has 0 heterocycles. The van der Waals surface area contributed by atoms with E-state index >= 15 is 0 Å². The van der Waals surface area contributed by atoms with E-state index in [-0.39, 0.29) is 18.4 Å². The van der Waals surface area contributed by atoms with Gasteiger partial charge < -0.3 is 16.0 Å². The minimum absolute atomic E-state index is 0.00564. The number of amides is 2. The molecule has 0 saturated heterocycles. The van der Waals surface area contributed by atoms with Crippen molar-refractivity contribution < 1.29 is 9.59 Å². The highest BCUT2D eigenvalue weighted by Gasteiger charge is 2.35. The van der Waals surface area contributed by atoms with Crippen molar-refractivity contribution in [3.05, 3.63) is 65.2 Å². The molecule has 1 aliphatic rings. The number of benzene rings is 2. The Morgan fingerprint density at radius 1 is 1.07 bits per heavy atom. The third kappa shape index (κ3) is 5.35. The number of carbonyl (C=O) groups is 2. The van der Waals surface area contributed by atoms with E-state index in [1.165, 1.54) is 5.56 Å². The fourth-order valence-electron chi connectivity index (χ4n) is 3.55. The quantitative estimate of drug-likeness (QED) is 0.676. The molecule has 29 heavy (non-hydrogen) atoms. The van der Waals surface area contributed by atoms with Gasteiger partial charge in [-0.15, -0.1) is 0 Å². The first-order chi connectivity index (χ1) is 14.0. The molecule has 0 spiro atoms. The lowest BCUT2D eigenvalue weighted by Gasteiger charge is -2.22. The number of hydrogen-bond acceptors (Lipinski definition) is 4. The first-order valence-electron chi connectivity index (χ1n) is 9.90. The van der Waals surface area contributed by atoms with Gasteiger partial charge >= 0.3 is 0 Å². The van der Waals surface area contributed by atoms with Gasteiger partial charge in [0.1, 0.15) is 5.54 Å². The molecule has 0 atom stereocenters. The highest BCUT2D eigenvalue weighted by Crippen LogP contribution is 2.28. The average Bonchev–Trinajstić information content (AvgIpc) is 3.20. The number of hydrogen-bond donors (Lipinski definition) is 3. The Morgan fingerprint density at radius 3 is 2.45 bits per heavy atom. The maximum atomic E-state index is 12.6. The van der Waals surface area contributed by atoms with E-state index in [9.17, 15) is 14.9 Å². The van der Waals surface area contributed by atoms with E-state index in [1.54, 1.807) is 18.2 Å². The Bertz CT molecular complexity index is 909. The van der Waals surface area contributed by atoms with E-state index < -0.39 is 5.54 Å². The second-order valence-electron chi connectivity index (χ2n) is 7.52. The zero-order chi connectivity index (χ0) is 20.7. The number of nitrogens with zero attached hydrogens (tertiary/aromatic N) is 1. The number of aryl methyl sites for hydroxylation is 1. The molecule has 150 valence electrons. The molecule has 0 aromatic heterocycles. The van der Waals surface area contributed by atoms with Crippen molar-refractivity contribution in [1.82, 2.24) is 10.6 Å². The van der Waals surface area contributed by atoms with Crippen molar-refractivity contribution in [3.63, 3.8) is 0 Å². The molecule has 1 aliphatic carbocycles. The molecule has 0 radical (unpaired) electrons. The van der Waals surface area contributed by atoms with Gasteiger partial charge in [-0.2, -0.15) is 5.26 Å². The Kier molecular flexibility index (Phi) is 6.50. The van der Waals surface area contributed by atoms with Crippen LogP contribution in [0.5, 0.6) is 0 Å². The van der Waals surface area contributed by atoms with Gasteiger partial charge in [-0.05, 0) is 50.3 Å². The molecule has 0 bridgehead atoms. The fraction of sp³-hybridized carbons (Fsp3) is 0.348. The van der Waals surface area contributed by atoms with Crippen LogP contribution in [0.2, 0.25) is 0 Å². The number of para-hydroxylation sites is 1. The Morgan fingerprint density at radius 2 is 1.76 bits per heavy atom. The molecule has 2 aromatic carbocycles. The summed E-state index contributed by atoms with van der Waals surface area (Å²) in [7, 11) is 0. The maximum Gasteiger partial charge on any atom is 0.253 e. The predicted octanol–water partition coefficient (Wildman–Crippen LogP) is 3.29. The van der Waals surface area contributed by atoms with Crippen molar-refractivity contribution in [2.75, 3.05) is 11.9 Å². The van der Waals surface area contributed by atoms with E-state index in [0.717, 1.165) is 18.4 Å². The number of carbonyl (C=O) groups excluding carboxylic acids is 2. The number of rotatable bonds is 7. The average molecular weight is 390 g/mol. The van der Waals surface area contributed by atoms with E-state index in [4.69, 9.17) is 0 Å². The minimum atomic E-state index is -0.746. The molecule has 0 unspecified atom stereocenters. The summed E-state index contributed by atoms with van der Waals surface area (Å²) >= 11 is 0. The van der Waals surface area contributed by atoms with Crippen LogP contribution in [0, 0.1) is 18.3 Å². The summed E-state index contributed by atoms with van der Waals surface area (Å²) in [6, 6.07) is 17.3.